The predicted octanol–water partition coefficient (Wildman–Crippen LogP) is 9.45. The molecule has 2 saturated heterocycles. The molecule has 2 aliphatic rings. The van der Waals surface area contributed by atoms with Crippen LogP contribution in [0.5, 0.6) is 5.75 Å². The number of carbonyl (C=O) groups is 2. The van der Waals surface area contributed by atoms with Crippen molar-refractivity contribution in [3.05, 3.63) is 89.9 Å². The largest absolute Gasteiger partial charge is 0.490 e. The molecule has 2 atom stereocenters. The third-order valence-corrected chi connectivity index (χ3v) is 8.87. The quantitative estimate of drug-likeness (QED) is 0.157. The number of amides is 1. The highest BCUT2D eigenvalue weighted by molar-refractivity contribution is 5.99. The maximum Gasteiger partial charge on any atom is 0.416 e. The van der Waals surface area contributed by atoms with Gasteiger partial charge in [-0.15, -0.1) is 0 Å². The minimum absolute atomic E-state index is 0.0185. The van der Waals surface area contributed by atoms with E-state index in [1.54, 1.807) is 12.1 Å². The van der Waals surface area contributed by atoms with Gasteiger partial charge in [0.05, 0.1) is 5.56 Å². The maximum atomic E-state index is 12.8. The van der Waals surface area contributed by atoms with E-state index in [0.29, 0.717) is 35.9 Å². The fraction of sp³-hybridized carbons (Fsp3) is 0.462. The molecule has 0 bridgehead atoms. The van der Waals surface area contributed by atoms with E-state index in [9.17, 15) is 22.8 Å². The highest BCUT2D eigenvalue weighted by Gasteiger charge is 2.39. The summed E-state index contributed by atoms with van der Waals surface area (Å²) >= 11 is 0. The summed E-state index contributed by atoms with van der Waals surface area (Å²) in [6.45, 7) is 14.1. The number of aromatic nitrogens is 1. The topological polar surface area (TPSA) is 75.9 Å². The number of allylic oxidation sites excluding steroid dienone is 6. The number of anilines is 1. The Morgan fingerprint density at radius 1 is 1.08 bits per heavy atom. The van der Waals surface area contributed by atoms with Crippen LogP contribution in [0.15, 0.2) is 82.8 Å². The summed E-state index contributed by atoms with van der Waals surface area (Å²) in [5, 5.41) is 0. The second-order valence-corrected chi connectivity index (χ2v) is 12.9. The fourth-order valence-electron chi connectivity index (χ4n) is 6.11. The predicted molar refractivity (Wildman–Crippen MR) is 188 cm³/mol. The first kappa shape index (κ1) is 37.5. The van der Waals surface area contributed by atoms with Crippen molar-refractivity contribution >= 4 is 28.5 Å². The Balaban J connectivity index is 0.000000328. The van der Waals surface area contributed by atoms with Crippen LogP contribution in [0.1, 0.15) is 83.5 Å². The first-order chi connectivity index (χ1) is 23.4. The van der Waals surface area contributed by atoms with Gasteiger partial charge < -0.3 is 19.0 Å². The molecule has 0 saturated carbocycles. The minimum atomic E-state index is -4.33. The van der Waals surface area contributed by atoms with E-state index >= 15 is 0 Å². The van der Waals surface area contributed by atoms with Crippen molar-refractivity contribution in [2.45, 2.75) is 85.5 Å². The average Bonchev–Trinajstić information content (AvgIpc) is 3.50. The Labute approximate surface area is 287 Å². The molecule has 0 N–H and O–H groups in total. The third kappa shape index (κ3) is 9.64. The van der Waals surface area contributed by atoms with E-state index < -0.39 is 11.7 Å². The van der Waals surface area contributed by atoms with Gasteiger partial charge in [-0.3, -0.25) is 9.59 Å². The summed E-state index contributed by atoms with van der Waals surface area (Å²) in [4.78, 5) is 32.7. The van der Waals surface area contributed by atoms with Crippen molar-refractivity contribution < 1.29 is 31.9 Å². The molecule has 2 aliphatic heterocycles. The van der Waals surface area contributed by atoms with Gasteiger partial charge in [-0.1, -0.05) is 65.0 Å². The lowest BCUT2D eigenvalue weighted by molar-refractivity contribution is -0.137. The van der Waals surface area contributed by atoms with Crippen LogP contribution < -0.4 is 9.64 Å². The average molecular weight is 680 g/mol. The molecule has 2 fully saturated rings. The van der Waals surface area contributed by atoms with Crippen molar-refractivity contribution in [1.82, 2.24) is 9.88 Å². The van der Waals surface area contributed by atoms with Crippen molar-refractivity contribution in [2.24, 2.45) is 11.8 Å². The van der Waals surface area contributed by atoms with Gasteiger partial charge >= 0.3 is 12.1 Å². The van der Waals surface area contributed by atoms with Gasteiger partial charge in [0.2, 0.25) is 0 Å². The molecule has 1 amide bonds. The van der Waals surface area contributed by atoms with Crippen LogP contribution in [0.25, 0.3) is 11.1 Å². The lowest BCUT2D eigenvalue weighted by Gasteiger charge is -2.45. The lowest BCUT2D eigenvalue weighted by Crippen LogP contribution is -2.57. The third-order valence-electron chi connectivity index (χ3n) is 8.87. The highest BCUT2D eigenvalue weighted by atomic mass is 19.4. The van der Waals surface area contributed by atoms with E-state index in [1.807, 2.05) is 62.1 Å². The SMILES string of the molecule is CCC1C(C)CN1C(=O)c1nc2ccc(OC3CCN(c4ccc(C(F)(F)F)cc4)CC3)cc2o1.C\C=C/C(=C\C=C\CC)C(=O)C(C)C. The number of nitrogens with zero attached hydrogens (tertiary/aromatic N) is 3. The van der Waals surface area contributed by atoms with Crippen LogP contribution in [-0.4, -0.2) is 53.4 Å². The Morgan fingerprint density at radius 2 is 1.78 bits per heavy atom. The second-order valence-electron chi connectivity index (χ2n) is 12.9. The zero-order valence-electron chi connectivity index (χ0n) is 29.3. The van der Waals surface area contributed by atoms with Crippen molar-refractivity contribution in [3.8, 4) is 5.75 Å². The first-order valence-corrected chi connectivity index (χ1v) is 17.2. The van der Waals surface area contributed by atoms with E-state index in [0.717, 1.165) is 55.6 Å². The number of hydrogen-bond acceptors (Lipinski definition) is 6. The number of alkyl halides is 3. The van der Waals surface area contributed by atoms with Gasteiger partial charge in [-0.05, 0) is 62.1 Å². The van der Waals surface area contributed by atoms with Crippen LogP contribution in [0.3, 0.4) is 0 Å². The van der Waals surface area contributed by atoms with E-state index in [4.69, 9.17) is 9.15 Å². The van der Waals surface area contributed by atoms with Gasteiger partial charge in [-0.25, -0.2) is 4.98 Å². The summed E-state index contributed by atoms with van der Waals surface area (Å²) in [5.41, 5.74) is 2.04. The van der Waals surface area contributed by atoms with Gasteiger partial charge in [0, 0.05) is 61.8 Å². The van der Waals surface area contributed by atoms with Crippen LogP contribution in [0, 0.1) is 11.8 Å². The Hall–Kier alpha value is -4.34. The number of ketones is 1. The number of likely N-dealkylation sites (tertiary alicyclic amines) is 1. The molecular formula is C39H48F3N3O4. The first-order valence-electron chi connectivity index (χ1n) is 17.2. The molecule has 2 aromatic carbocycles. The summed E-state index contributed by atoms with van der Waals surface area (Å²) in [5.74, 6) is 1.32. The number of ether oxygens (including phenoxy) is 1. The smallest absolute Gasteiger partial charge is 0.416 e. The molecule has 0 aliphatic carbocycles. The van der Waals surface area contributed by atoms with Gasteiger partial charge in [-0.2, -0.15) is 13.2 Å². The van der Waals surface area contributed by atoms with E-state index in [-0.39, 0.29) is 35.6 Å². The van der Waals surface area contributed by atoms with Crippen LogP contribution in [-0.2, 0) is 11.0 Å². The van der Waals surface area contributed by atoms with Crippen LogP contribution >= 0.6 is 0 Å². The Morgan fingerprint density at radius 3 is 2.35 bits per heavy atom. The van der Waals surface area contributed by atoms with Crippen LogP contribution in [0.2, 0.25) is 0 Å². The van der Waals surface area contributed by atoms with Crippen molar-refractivity contribution in [2.75, 3.05) is 24.5 Å². The number of Topliss-reactive ketones (excluding diaryl/α,β-unsaturated/α-hetero) is 1. The summed E-state index contributed by atoms with van der Waals surface area (Å²) in [6, 6.07) is 10.9. The molecule has 264 valence electrons. The molecule has 49 heavy (non-hydrogen) atoms. The minimum Gasteiger partial charge on any atom is -0.490 e. The number of halogens is 3. The van der Waals surface area contributed by atoms with Crippen LogP contribution in [0.4, 0.5) is 18.9 Å². The van der Waals surface area contributed by atoms with Crippen molar-refractivity contribution in [1.29, 1.82) is 0 Å². The molecule has 1 aromatic heterocycles. The zero-order valence-corrected chi connectivity index (χ0v) is 29.3. The normalized spacial score (nSPS) is 19.0. The standard InChI is InChI=1S/C26H28F3N3O3.C13H20O/c1-3-22-16(2)15-32(22)25(33)24-30-21-9-8-20(14-23(21)35-24)34-19-10-12-31(13-11-19)18-6-4-17(5-7-18)26(27,28)29;1-5-7-8-10-12(9-6-2)13(14)11(3)4/h4-9,14,16,19,22H,3,10-13,15H2,1-2H3;6-11H,5H2,1-4H3/b;8-7+,9-6-,12-10+. The number of piperidine rings is 1. The molecule has 7 nitrogen and oxygen atoms in total. The van der Waals surface area contributed by atoms with E-state index in [2.05, 4.69) is 30.7 Å². The number of fused-ring (bicyclic) bond motifs is 1. The lowest BCUT2D eigenvalue weighted by atomic mass is 9.88. The molecule has 3 heterocycles. The number of carbonyl (C=O) groups excluding carboxylic acids is 2. The number of benzene rings is 2. The molecule has 3 aromatic rings. The number of rotatable bonds is 10. The highest BCUT2D eigenvalue weighted by Crippen LogP contribution is 2.33. The van der Waals surface area contributed by atoms with Gasteiger partial charge in [0.25, 0.3) is 5.89 Å². The van der Waals surface area contributed by atoms with E-state index in [1.165, 1.54) is 12.1 Å². The summed E-state index contributed by atoms with van der Waals surface area (Å²) in [6.07, 6.45) is 8.65. The molecular weight excluding hydrogens is 631 g/mol. The molecule has 2 unspecified atom stereocenters. The Kier molecular flexibility index (Phi) is 12.9. The Bertz CT molecular complexity index is 1650. The number of oxazole rings is 1. The molecule has 5 rings (SSSR count). The molecule has 0 radical (unpaired) electrons. The van der Waals surface area contributed by atoms with Gasteiger partial charge in [0.15, 0.2) is 11.4 Å². The summed E-state index contributed by atoms with van der Waals surface area (Å²) in [7, 11) is 0. The fourth-order valence-corrected chi connectivity index (χ4v) is 6.11. The molecule has 10 heteroatoms. The molecule has 0 spiro atoms. The zero-order chi connectivity index (χ0) is 35.7. The van der Waals surface area contributed by atoms with Gasteiger partial charge in [0.1, 0.15) is 17.4 Å². The number of hydrogen-bond donors (Lipinski definition) is 0. The summed E-state index contributed by atoms with van der Waals surface area (Å²) < 4.78 is 50.3. The second kappa shape index (κ2) is 16.9. The maximum absolute atomic E-state index is 12.8. The van der Waals surface area contributed by atoms with Crippen molar-refractivity contribution in [3.63, 3.8) is 0 Å². The monoisotopic (exact) mass is 679 g/mol.